The van der Waals surface area contributed by atoms with Gasteiger partial charge in [0, 0.05) is 28.4 Å². The Morgan fingerprint density at radius 1 is 1.14 bits per heavy atom. The Balaban J connectivity index is 0.000000451. The number of hydrogen-bond acceptors (Lipinski definition) is 6. The number of alkyl halides is 3. The van der Waals surface area contributed by atoms with E-state index in [9.17, 15) is 22.0 Å². The molecule has 1 aliphatic rings. The van der Waals surface area contributed by atoms with Gasteiger partial charge in [0.1, 0.15) is 18.0 Å². The lowest BCUT2D eigenvalue weighted by Crippen LogP contribution is -2.21. The van der Waals surface area contributed by atoms with E-state index in [-0.39, 0.29) is 12.6 Å². The molecule has 0 aliphatic carbocycles. The van der Waals surface area contributed by atoms with Crippen LogP contribution in [-0.2, 0) is 11.3 Å². The number of thiophene rings is 1. The fraction of sp³-hybridized carbons (Fsp3) is 0.207. The molecule has 7 nitrogen and oxygen atoms in total. The minimum Gasteiger partial charge on any atom is -0.475 e. The van der Waals surface area contributed by atoms with Crippen LogP contribution in [0.1, 0.15) is 23.3 Å². The summed E-state index contributed by atoms with van der Waals surface area (Å²) >= 11 is 1.58. The second kappa shape index (κ2) is 12.1. The van der Waals surface area contributed by atoms with Gasteiger partial charge in [-0.25, -0.2) is 23.5 Å². The van der Waals surface area contributed by atoms with Crippen molar-refractivity contribution in [2.75, 3.05) is 11.9 Å². The van der Waals surface area contributed by atoms with E-state index in [2.05, 4.69) is 32.4 Å². The van der Waals surface area contributed by atoms with Crippen molar-refractivity contribution in [2.45, 2.75) is 31.6 Å². The van der Waals surface area contributed by atoms with Crippen LogP contribution in [-0.4, -0.2) is 44.4 Å². The van der Waals surface area contributed by atoms with E-state index in [1.807, 2.05) is 41.1 Å². The lowest BCUT2D eigenvalue weighted by molar-refractivity contribution is -0.192. The van der Waals surface area contributed by atoms with Crippen molar-refractivity contribution in [3.8, 4) is 11.8 Å². The van der Waals surface area contributed by atoms with Gasteiger partial charge in [0.2, 0.25) is 0 Å². The summed E-state index contributed by atoms with van der Waals surface area (Å²) in [5.41, 5.74) is 2.98. The van der Waals surface area contributed by atoms with E-state index in [1.165, 1.54) is 12.5 Å². The first kappa shape index (κ1) is 29.0. The van der Waals surface area contributed by atoms with Gasteiger partial charge in [0.15, 0.2) is 5.82 Å². The number of nitrogens with zero attached hydrogens (tertiary/aromatic N) is 3. The van der Waals surface area contributed by atoms with Crippen molar-refractivity contribution in [3.05, 3.63) is 83.1 Å². The van der Waals surface area contributed by atoms with Gasteiger partial charge in [0.25, 0.3) is 0 Å². The Morgan fingerprint density at radius 2 is 1.95 bits per heavy atom. The monoisotopic (exact) mass is 599 g/mol. The number of benzene rings is 2. The number of aromatic nitrogens is 3. The van der Waals surface area contributed by atoms with Crippen molar-refractivity contribution in [2.24, 2.45) is 0 Å². The normalized spacial score (nSPS) is 14.7. The number of anilines is 2. The molecule has 4 heterocycles. The highest BCUT2D eigenvalue weighted by Gasteiger charge is 2.38. The van der Waals surface area contributed by atoms with Gasteiger partial charge in [-0.2, -0.15) is 13.2 Å². The standard InChI is InChI=1S/C27H21F2N5S.C2HF3O2/c28-19-3-7-23(29)18(12-19)15-34-11-9-17-13-21(5-8-25(17)34)33-27-26-24(31-16-32-27)14-22(35-26)6-4-20-2-1-10-30-20;3-2(4,5)1(6)7/h3,5,7-9,11-14,16,20,30H,1-2,10,15H2,(H,31,32,33);(H,6,7)/t20-;/m1./s1. The molecule has 0 radical (unpaired) electrons. The predicted molar refractivity (Wildman–Crippen MR) is 150 cm³/mol. The van der Waals surface area contributed by atoms with Crippen molar-refractivity contribution < 1.29 is 31.9 Å². The zero-order valence-electron chi connectivity index (χ0n) is 21.7. The molecule has 0 bridgehead atoms. The van der Waals surface area contributed by atoms with Crippen LogP contribution < -0.4 is 10.6 Å². The summed E-state index contributed by atoms with van der Waals surface area (Å²) in [4.78, 5) is 18.7. The zero-order valence-corrected chi connectivity index (χ0v) is 22.5. The number of hydrogen-bond donors (Lipinski definition) is 3. The fourth-order valence-corrected chi connectivity index (χ4v) is 5.29. The average Bonchev–Trinajstić information content (AvgIpc) is 3.70. The molecule has 1 fully saturated rings. The summed E-state index contributed by atoms with van der Waals surface area (Å²) in [6.45, 7) is 1.28. The van der Waals surface area contributed by atoms with Crippen LogP contribution in [0.25, 0.3) is 21.1 Å². The van der Waals surface area contributed by atoms with Gasteiger partial charge in [-0.15, -0.1) is 11.3 Å². The Bertz CT molecular complexity index is 1820. The molecular weight excluding hydrogens is 577 g/mol. The Kier molecular flexibility index (Phi) is 8.37. The van der Waals surface area contributed by atoms with E-state index >= 15 is 0 Å². The maximum Gasteiger partial charge on any atom is 0.490 e. The third-order valence-corrected chi connectivity index (χ3v) is 7.41. The van der Waals surface area contributed by atoms with E-state index in [0.717, 1.165) is 62.6 Å². The molecule has 1 atom stereocenters. The number of aliphatic carboxylic acids is 1. The smallest absolute Gasteiger partial charge is 0.475 e. The van der Waals surface area contributed by atoms with Crippen molar-refractivity contribution >= 4 is 49.9 Å². The summed E-state index contributed by atoms with van der Waals surface area (Å²) in [7, 11) is 0. The highest BCUT2D eigenvalue weighted by atomic mass is 32.1. The third-order valence-electron chi connectivity index (χ3n) is 6.37. The van der Waals surface area contributed by atoms with Crippen LogP contribution in [0, 0.1) is 23.5 Å². The molecule has 42 heavy (non-hydrogen) atoms. The van der Waals surface area contributed by atoms with Crippen LogP contribution in [0.15, 0.2) is 61.1 Å². The summed E-state index contributed by atoms with van der Waals surface area (Å²) in [6.07, 6.45) is 0.605. The quantitative estimate of drug-likeness (QED) is 0.162. The zero-order chi connectivity index (χ0) is 29.9. The van der Waals surface area contributed by atoms with Crippen molar-refractivity contribution in [3.63, 3.8) is 0 Å². The largest absolute Gasteiger partial charge is 0.490 e. The van der Waals surface area contributed by atoms with Gasteiger partial charge in [-0.05, 0) is 67.9 Å². The minimum atomic E-state index is -5.08. The molecule has 0 unspecified atom stereocenters. The van der Waals surface area contributed by atoms with Gasteiger partial charge in [0.05, 0.1) is 27.7 Å². The maximum absolute atomic E-state index is 14.1. The molecule has 2 aromatic carbocycles. The van der Waals surface area contributed by atoms with E-state index in [0.29, 0.717) is 5.56 Å². The molecular formula is C29H22F5N5O2S. The van der Waals surface area contributed by atoms with Crippen LogP contribution in [0.4, 0.5) is 33.5 Å². The summed E-state index contributed by atoms with van der Waals surface area (Å²) in [6, 6.07) is 13.7. The molecule has 6 rings (SSSR count). The second-order valence-electron chi connectivity index (χ2n) is 9.35. The number of fused-ring (bicyclic) bond motifs is 2. The maximum atomic E-state index is 14.1. The molecule has 216 valence electrons. The SMILES string of the molecule is Fc1ccc(F)c(Cn2ccc3cc(Nc4ncnc5cc(C#C[C@H]6CCCN6)sc45)ccc32)c1.O=C(O)C(F)(F)F. The summed E-state index contributed by atoms with van der Waals surface area (Å²) in [5.74, 6) is 3.70. The lowest BCUT2D eigenvalue weighted by atomic mass is 10.2. The summed E-state index contributed by atoms with van der Waals surface area (Å²) in [5, 5.41) is 14.9. The van der Waals surface area contributed by atoms with Gasteiger partial charge in [-0.3, -0.25) is 0 Å². The number of carbonyl (C=O) groups is 1. The molecule has 1 aliphatic heterocycles. The molecule has 5 aromatic rings. The molecule has 0 spiro atoms. The molecule has 13 heteroatoms. The van der Waals surface area contributed by atoms with Crippen LogP contribution >= 0.6 is 11.3 Å². The first-order chi connectivity index (χ1) is 20.1. The molecule has 1 saturated heterocycles. The highest BCUT2D eigenvalue weighted by molar-refractivity contribution is 7.20. The average molecular weight is 600 g/mol. The number of carboxylic acids is 1. The number of rotatable bonds is 4. The van der Waals surface area contributed by atoms with E-state index in [4.69, 9.17) is 9.90 Å². The highest BCUT2D eigenvalue weighted by Crippen LogP contribution is 2.31. The predicted octanol–water partition coefficient (Wildman–Crippen LogP) is 6.45. The lowest BCUT2D eigenvalue weighted by Gasteiger charge is -2.09. The van der Waals surface area contributed by atoms with Crippen molar-refractivity contribution in [1.29, 1.82) is 0 Å². The Labute approximate surface area is 240 Å². The molecule has 0 saturated carbocycles. The van der Waals surface area contributed by atoms with E-state index in [1.54, 1.807) is 17.7 Å². The minimum absolute atomic E-state index is 0.252. The molecule has 0 amide bonds. The molecule has 3 N–H and O–H groups in total. The first-order valence-corrected chi connectivity index (χ1v) is 13.5. The Hall–Kier alpha value is -4.54. The van der Waals surface area contributed by atoms with Crippen LogP contribution in [0.3, 0.4) is 0 Å². The molecule has 3 aromatic heterocycles. The van der Waals surface area contributed by atoms with Crippen LogP contribution in [0.2, 0.25) is 0 Å². The topological polar surface area (TPSA) is 92.1 Å². The number of carboxylic acid groups (broad SMARTS) is 1. The van der Waals surface area contributed by atoms with Gasteiger partial charge >= 0.3 is 12.1 Å². The second-order valence-corrected chi connectivity index (χ2v) is 10.4. The third kappa shape index (κ3) is 6.84. The Morgan fingerprint density at radius 3 is 2.69 bits per heavy atom. The van der Waals surface area contributed by atoms with E-state index < -0.39 is 23.8 Å². The summed E-state index contributed by atoms with van der Waals surface area (Å²) < 4.78 is 62.3. The fourth-order valence-electron chi connectivity index (χ4n) is 4.37. The number of nitrogens with one attached hydrogen (secondary N) is 2. The van der Waals surface area contributed by atoms with Crippen LogP contribution in [0.5, 0.6) is 0 Å². The first-order valence-electron chi connectivity index (χ1n) is 12.7. The van der Waals surface area contributed by atoms with Crippen molar-refractivity contribution in [1.82, 2.24) is 19.9 Å². The van der Waals surface area contributed by atoms with Gasteiger partial charge < -0.3 is 20.3 Å². The number of halogens is 5. The van der Waals surface area contributed by atoms with Gasteiger partial charge in [-0.1, -0.05) is 11.8 Å².